The molecular weight excluding hydrogens is 282 g/mol. The topological polar surface area (TPSA) is 42.1 Å². The SMILES string of the molecule is N[C@@H]1CN(Cc2cccc3cccnc23)C[C@H]1c1ccccc1. The Labute approximate surface area is 136 Å². The van der Waals surface area contributed by atoms with E-state index in [1.807, 2.05) is 12.3 Å². The molecule has 0 bridgehead atoms. The Morgan fingerprint density at radius 2 is 1.78 bits per heavy atom. The van der Waals surface area contributed by atoms with Gasteiger partial charge in [0, 0.05) is 43.2 Å². The van der Waals surface area contributed by atoms with E-state index in [1.54, 1.807) is 0 Å². The maximum absolute atomic E-state index is 6.41. The number of aromatic nitrogens is 1. The number of nitrogens with two attached hydrogens (primary N) is 1. The van der Waals surface area contributed by atoms with Crippen LogP contribution in [0.5, 0.6) is 0 Å². The zero-order valence-electron chi connectivity index (χ0n) is 13.1. The lowest BCUT2D eigenvalue weighted by atomic mass is 9.95. The van der Waals surface area contributed by atoms with Crippen LogP contribution >= 0.6 is 0 Å². The van der Waals surface area contributed by atoms with Crippen LogP contribution < -0.4 is 5.73 Å². The number of benzene rings is 2. The smallest absolute Gasteiger partial charge is 0.0746 e. The maximum Gasteiger partial charge on any atom is 0.0746 e. The first kappa shape index (κ1) is 14.4. The van der Waals surface area contributed by atoms with Gasteiger partial charge in [0.05, 0.1) is 5.52 Å². The van der Waals surface area contributed by atoms with Crippen LogP contribution in [0.2, 0.25) is 0 Å². The third-order valence-electron chi connectivity index (χ3n) is 4.78. The van der Waals surface area contributed by atoms with Gasteiger partial charge in [-0.05, 0) is 17.2 Å². The minimum Gasteiger partial charge on any atom is -0.326 e. The highest BCUT2D eigenvalue weighted by molar-refractivity contribution is 5.81. The van der Waals surface area contributed by atoms with Crippen LogP contribution in [-0.4, -0.2) is 29.0 Å². The third-order valence-corrected chi connectivity index (χ3v) is 4.78. The van der Waals surface area contributed by atoms with E-state index in [9.17, 15) is 0 Å². The molecule has 1 aromatic heterocycles. The fourth-order valence-electron chi connectivity index (χ4n) is 3.63. The number of fused-ring (bicyclic) bond motifs is 1. The molecule has 3 nitrogen and oxygen atoms in total. The summed E-state index contributed by atoms with van der Waals surface area (Å²) in [5.41, 5.74) is 10.1. The van der Waals surface area contributed by atoms with Gasteiger partial charge in [0.25, 0.3) is 0 Å². The van der Waals surface area contributed by atoms with E-state index in [-0.39, 0.29) is 6.04 Å². The first-order valence-corrected chi connectivity index (χ1v) is 8.17. The van der Waals surface area contributed by atoms with Crippen LogP contribution in [-0.2, 0) is 6.54 Å². The summed E-state index contributed by atoms with van der Waals surface area (Å²) in [6.45, 7) is 2.85. The molecule has 1 aliphatic rings. The zero-order valence-corrected chi connectivity index (χ0v) is 13.1. The second-order valence-corrected chi connectivity index (χ2v) is 6.37. The van der Waals surface area contributed by atoms with Crippen molar-refractivity contribution in [3.63, 3.8) is 0 Å². The van der Waals surface area contributed by atoms with Gasteiger partial charge in [-0.25, -0.2) is 0 Å². The monoisotopic (exact) mass is 303 g/mol. The molecule has 2 aromatic carbocycles. The summed E-state index contributed by atoms with van der Waals surface area (Å²) in [4.78, 5) is 7.01. The van der Waals surface area contributed by atoms with Crippen molar-refractivity contribution in [3.8, 4) is 0 Å². The Morgan fingerprint density at radius 1 is 0.957 bits per heavy atom. The van der Waals surface area contributed by atoms with Gasteiger partial charge in [0.1, 0.15) is 0 Å². The van der Waals surface area contributed by atoms with Gasteiger partial charge in [0.2, 0.25) is 0 Å². The lowest BCUT2D eigenvalue weighted by Gasteiger charge is -2.17. The minimum absolute atomic E-state index is 0.195. The van der Waals surface area contributed by atoms with Crippen LogP contribution in [0.15, 0.2) is 66.9 Å². The fourth-order valence-corrected chi connectivity index (χ4v) is 3.63. The summed E-state index contributed by atoms with van der Waals surface area (Å²) in [7, 11) is 0. The fraction of sp³-hybridized carbons (Fsp3) is 0.250. The molecular formula is C20H21N3. The second kappa shape index (κ2) is 6.11. The second-order valence-electron chi connectivity index (χ2n) is 6.37. The Kier molecular flexibility index (Phi) is 3.82. The number of likely N-dealkylation sites (tertiary alicyclic amines) is 1. The molecule has 0 aliphatic carbocycles. The summed E-state index contributed by atoms with van der Waals surface area (Å²) < 4.78 is 0. The number of nitrogens with zero attached hydrogens (tertiary/aromatic N) is 2. The quantitative estimate of drug-likeness (QED) is 0.808. The van der Waals surface area contributed by atoms with E-state index in [1.165, 1.54) is 16.5 Å². The molecule has 116 valence electrons. The Morgan fingerprint density at radius 3 is 2.65 bits per heavy atom. The van der Waals surface area contributed by atoms with Gasteiger partial charge in [-0.15, -0.1) is 0 Å². The normalized spacial score (nSPS) is 21.8. The molecule has 0 amide bonds. The summed E-state index contributed by atoms with van der Waals surface area (Å²) in [6, 6.07) is 21.3. The van der Waals surface area contributed by atoms with Crippen LogP contribution in [0, 0.1) is 0 Å². The standard InChI is InChI=1S/C20H21N3/c21-19-14-23(13-18(19)15-6-2-1-3-7-15)12-17-9-4-8-16-10-5-11-22-20(16)17/h1-11,18-19H,12-14,21H2/t18-,19+/m0/s1. The summed E-state index contributed by atoms with van der Waals surface area (Å²) in [5, 5.41) is 1.20. The van der Waals surface area contributed by atoms with E-state index in [0.717, 1.165) is 25.2 Å². The summed E-state index contributed by atoms with van der Waals surface area (Å²) in [5.74, 6) is 0.416. The van der Waals surface area contributed by atoms with E-state index in [0.29, 0.717) is 5.92 Å². The number of hydrogen-bond acceptors (Lipinski definition) is 3. The number of pyridine rings is 1. The molecule has 1 saturated heterocycles. The molecule has 0 radical (unpaired) electrons. The molecule has 1 fully saturated rings. The van der Waals surface area contributed by atoms with Crippen molar-refractivity contribution in [3.05, 3.63) is 78.0 Å². The van der Waals surface area contributed by atoms with E-state index in [4.69, 9.17) is 5.73 Å². The zero-order chi connectivity index (χ0) is 15.6. The third kappa shape index (κ3) is 2.85. The van der Waals surface area contributed by atoms with Crippen molar-refractivity contribution in [2.75, 3.05) is 13.1 Å². The Bertz CT molecular complexity index is 795. The van der Waals surface area contributed by atoms with Crippen LogP contribution in [0.25, 0.3) is 10.9 Å². The van der Waals surface area contributed by atoms with Crippen molar-refractivity contribution in [1.29, 1.82) is 0 Å². The van der Waals surface area contributed by atoms with Gasteiger partial charge in [-0.2, -0.15) is 0 Å². The van der Waals surface area contributed by atoms with Gasteiger partial charge < -0.3 is 5.73 Å². The largest absolute Gasteiger partial charge is 0.326 e. The molecule has 3 heteroatoms. The number of rotatable bonds is 3. The van der Waals surface area contributed by atoms with Crippen molar-refractivity contribution in [1.82, 2.24) is 9.88 Å². The predicted molar refractivity (Wildman–Crippen MR) is 94.2 cm³/mol. The molecule has 0 unspecified atom stereocenters. The molecule has 2 N–H and O–H groups in total. The summed E-state index contributed by atoms with van der Waals surface area (Å²) >= 11 is 0. The lowest BCUT2D eigenvalue weighted by molar-refractivity contribution is 0.325. The molecule has 1 aliphatic heterocycles. The molecule has 3 aromatic rings. The van der Waals surface area contributed by atoms with Crippen molar-refractivity contribution in [2.24, 2.45) is 5.73 Å². The average Bonchev–Trinajstić information content (AvgIpc) is 2.96. The van der Waals surface area contributed by atoms with Crippen LogP contribution in [0.4, 0.5) is 0 Å². The molecule has 0 saturated carbocycles. The molecule has 23 heavy (non-hydrogen) atoms. The number of hydrogen-bond donors (Lipinski definition) is 1. The Hall–Kier alpha value is -2.23. The highest BCUT2D eigenvalue weighted by Crippen LogP contribution is 2.28. The highest BCUT2D eigenvalue weighted by atomic mass is 15.2. The van der Waals surface area contributed by atoms with E-state index in [2.05, 4.69) is 64.5 Å². The van der Waals surface area contributed by atoms with Crippen molar-refractivity contribution in [2.45, 2.75) is 18.5 Å². The van der Waals surface area contributed by atoms with Gasteiger partial charge in [0.15, 0.2) is 0 Å². The molecule has 4 rings (SSSR count). The maximum atomic E-state index is 6.41. The summed E-state index contributed by atoms with van der Waals surface area (Å²) in [6.07, 6.45) is 1.87. The van der Waals surface area contributed by atoms with Crippen LogP contribution in [0.3, 0.4) is 0 Å². The van der Waals surface area contributed by atoms with Gasteiger partial charge in [-0.1, -0.05) is 54.6 Å². The van der Waals surface area contributed by atoms with E-state index < -0.39 is 0 Å². The molecule has 0 spiro atoms. The molecule has 2 heterocycles. The Balaban J connectivity index is 1.56. The van der Waals surface area contributed by atoms with Gasteiger partial charge in [-0.3, -0.25) is 9.88 Å². The van der Waals surface area contributed by atoms with Crippen LogP contribution in [0.1, 0.15) is 17.0 Å². The van der Waals surface area contributed by atoms with Crippen molar-refractivity contribution >= 4 is 10.9 Å². The highest BCUT2D eigenvalue weighted by Gasteiger charge is 2.31. The minimum atomic E-state index is 0.195. The average molecular weight is 303 g/mol. The first-order chi connectivity index (χ1) is 11.3. The number of para-hydroxylation sites is 1. The predicted octanol–water partition coefficient (Wildman–Crippen LogP) is 3.16. The van der Waals surface area contributed by atoms with Gasteiger partial charge >= 0.3 is 0 Å². The van der Waals surface area contributed by atoms with E-state index >= 15 is 0 Å². The first-order valence-electron chi connectivity index (χ1n) is 8.17. The molecule has 2 atom stereocenters. The lowest BCUT2D eigenvalue weighted by Crippen LogP contribution is -2.28. The van der Waals surface area contributed by atoms with Crippen molar-refractivity contribution < 1.29 is 0 Å².